The number of amides is 1. The maximum Gasteiger partial charge on any atom is 0.339 e. The van der Waals surface area contributed by atoms with E-state index in [4.69, 9.17) is 4.74 Å². The molecule has 0 aromatic heterocycles. The van der Waals surface area contributed by atoms with E-state index in [0.717, 1.165) is 11.4 Å². The zero-order chi connectivity index (χ0) is 25.8. The van der Waals surface area contributed by atoms with E-state index in [9.17, 15) is 19.6 Å². The summed E-state index contributed by atoms with van der Waals surface area (Å²) in [6.07, 6.45) is 0. The van der Waals surface area contributed by atoms with Crippen LogP contribution in [-0.4, -0.2) is 45.4 Å². The summed E-state index contributed by atoms with van der Waals surface area (Å²) >= 11 is 0. The summed E-state index contributed by atoms with van der Waals surface area (Å²) in [4.78, 5) is 43.9. The summed E-state index contributed by atoms with van der Waals surface area (Å²) < 4.78 is 5.27. The molecule has 1 aliphatic heterocycles. The van der Waals surface area contributed by atoms with Crippen LogP contribution in [0.25, 0.3) is 0 Å². The molecule has 0 atom stereocenters. The Morgan fingerprint density at radius 3 is 1.94 bits per heavy atom. The fourth-order valence-corrected chi connectivity index (χ4v) is 4.14. The highest BCUT2D eigenvalue weighted by atomic mass is 16.5. The Hall–Kier alpha value is -4.90. The van der Waals surface area contributed by atoms with Crippen molar-refractivity contribution >= 4 is 34.7 Å². The number of hydrogen-bond acceptors (Lipinski definition) is 7. The minimum Gasteiger partial charge on any atom is -0.454 e. The van der Waals surface area contributed by atoms with Crippen LogP contribution in [0.5, 0.6) is 0 Å². The van der Waals surface area contributed by atoms with E-state index in [2.05, 4.69) is 0 Å². The van der Waals surface area contributed by atoms with Gasteiger partial charge in [0.15, 0.2) is 6.61 Å². The van der Waals surface area contributed by atoms with Crippen molar-refractivity contribution < 1.29 is 19.1 Å². The molecule has 0 spiro atoms. The molecular formula is C28H24N4O4. The van der Waals surface area contributed by atoms with E-state index in [1.165, 1.54) is 17.0 Å². The van der Waals surface area contributed by atoms with Gasteiger partial charge in [-0.2, -0.15) is 5.26 Å². The van der Waals surface area contributed by atoms with Gasteiger partial charge in [0.1, 0.15) is 17.5 Å². The first-order valence-corrected chi connectivity index (χ1v) is 11.2. The number of anilines is 3. The zero-order valence-electron chi connectivity index (χ0n) is 20.1. The summed E-state index contributed by atoms with van der Waals surface area (Å²) in [5.74, 6) is -1.46. The average molecular weight is 481 g/mol. The Kier molecular flexibility index (Phi) is 6.84. The van der Waals surface area contributed by atoms with Crippen LogP contribution in [-0.2, 0) is 9.53 Å². The number of hydrogen-bond donors (Lipinski definition) is 0. The lowest BCUT2D eigenvalue weighted by Crippen LogP contribution is -2.29. The summed E-state index contributed by atoms with van der Waals surface area (Å²) in [6, 6.07) is 24.8. The van der Waals surface area contributed by atoms with E-state index in [-0.39, 0.29) is 16.7 Å². The number of ketones is 1. The second-order valence-electron chi connectivity index (χ2n) is 8.16. The Balaban J connectivity index is 1.53. The number of ether oxygens (including phenoxy) is 1. The van der Waals surface area contributed by atoms with E-state index >= 15 is 0 Å². The molecule has 0 aliphatic carbocycles. The number of esters is 1. The lowest BCUT2D eigenvalue weighted by Gasteiger charge is -2.20. The van der Waals surface area contributed by atoms with Crippen molar-refractivity contribution in [3.63, 3.8) is 0 Å². The Morgan fingerprint density at radius 1 is 0.833 bits per heavy atom. The van der Waals surface area contributed by atoms with Crippen molar-refractivity contribution in [3.05, 3.63) is 101 Å². The molecule has 0 unspecified atom stereocenters. The van der Waals surface area contributed by atoms with Gasteiger partial charge in [0, 0.05) is 26.8 Å². The lowest BCUT2D eigenvalue weighted by molar-refractivity contribution is -0.118. The van der Waals surface area contributed by atoms with Crippen LogP contribution in [0.2, 0.25) is 0 Å². The van der Waals surface area contributed by atoms with Gasteiger partial charge >= 0.3 is 5.97 Å². The molecule has 8 nitrogen and oxygen atoms in total. The molecule has 1 aliphatic rings. The molecule has 0 radical (unpaired) electrons. The third kappa shape index (κ3) is 4.42. The highest BCUT2D eigenvalue weighted by Gasteiger charge is 2.32. The molecule has 0 bridgehead atoms. The highest BCUT2D eigenvalue weighted by Crippen LogP contribution is 2.40. The SMILES string of the molecule is CN(C(=O)c1ccccc1C(=O)OCC(=O)C(C#N)=C1N(C)c2ccccc2N1C)c1ccccc1. The Labute approximate surface area is 209 Å². The molecule has 180 valence electrons. The van der Waals surface area contributed by atoms with Gasteiger partial charge in [0.25, 0.3) is 5.91 Å². The fraction of sp³-hybridized carbons (Fsp3) is 0.143. The smallest absolute Gasteiger partial charge is 0.339 e. The van der Waals surface area contributed by atoms with Gasteiger partial charge in [-0.05, 0) is 36.4 Å². The van der Waals surface area contributed by atoms with Crippen LogP contribution < -0.4 is 14.7 Å². The van der Waals surface area contributed by atoms with Gasteiger partial charge in [-0.1, -0.05) is 42.5 Å². The van der Waals surface area contributed by atoms with Crippen molar-refractivity contribution in [1.29, 1.82) is 5.26 Å². The molecule has 36 heavy (non-hydrogen) atoms. The summed E-state index contributed by atoms with van der Waals surface area (Å²) in [7, 11) is 5.14. The van der Waals surface area contributed by atoms with Crippen LogP contribution in [0.3, 0.4) is 0 Å². The van der Waals surface area contributed by atoms with Crippen LogP contribution in [0, 0.1) is 11.3 Å². The molecule has 0 saturated carbocycles. The molecule has 3 aromatic rings. The number of benzene rings is 3. The van der Waals surface area contributed by atoms with Crippen molar-refractivity contribution in [2.24, 2.45) is 0 Å². The van der Waals surface area contributed by atoms with Crippen LogP contribution in [0.4, 0.5) is 17.1 Å². The lowest BCUT2D eigenvalue weighted by atomic mass is 10.1. The molecule has 0 saturated heterocycles. The van der Waals surface area contributed by atoms with E-state index < -0.39 is 24.3 Å². The van der Waals surface area contributed by atoms with Gasteiger partial charge < -0.3 is 19.4 Å². The maximum absolute atomic E-state index is 13.1. The number of fused-ring (bicyclic) bond motifs is 1. The first kappa shape index (κ1) is 24.2. The number of carbonyl (C=O) groups excluding carboxylic acids is 3. The normalized spacial score (nSPS) is 12.0. The van der Waals surface area contributed by atoms with Crippen molar-refractivity contribution in [2.75, 3.05) is 42.4 Å². The second-order valence-corrected chi connectivity index (χ2v) is 8.16. The first-order valence-electron chi connectivity index (χ1n) is 11.2. The minimum atomic E-state index is -0.826. The largest absolute Gasteiger partial charge is 0.454 e. The summed E-state index contributed by atoms with van der Waals surface area (Å²) in [5.41, 5.74) is 2.41. The Morgan fingerprint density at radius 2 is 1.36 bits per heavy atom. The molecule has 8 heteroatoms. The fourth-order valence-electron chi connectivity index (χ4n) is 4.14. The second kappa shape index (κ2) is 10.2. The van der Waals surface area contributed by atoms with Gasteiger partial charge in [0.2, 0.25) is 5.78 Å². The molecule has 3 aromatic carbocycles. The average Bonchev–Trinajstić information content (AvgIpc) is 3.17. The van der Waals surface area contributed by atoms with Gasteiger partial charge in [0.05, 0.1) is 22.5 Å². The summed E-state index contributed by atoms with van der Waals surface area (Å²) in [5, 5.41) is 9.77. The van der Waals surface area contributed by atoms with Crippen molar-refractivity contribution in [1.82, 2.24) is 0 Å². The monoisotopic (exact) mass is 480 g/mol. The third-order valence-electron chi connectivity index (χ3n) is 6.01. The van der Waals surface area contributed by atoms with Gasteiger partial charge in [-0.15, -0.1) is 0 Å². The number of carbonyl (C=O) groups is 3. The van der Waals surface area contributed by atoms with E-state index in [0.29, 0.717) is 11.5 Å². The minimum absolute atomic E-state index is 0.0340. The molecule has 1 amide bonds. The molecule has 1 heterocycles. The quantitative estimate of drug-likeness (QED) is 0.299. The number of para-hydroxylation sites is 3. The number of Topliss-reactive ketones (excluding diaryl/α,β-unsaturated/α-hetero) is 1. The zero-order valence-corrected chi connectivity index (χ0v) is 20.1. The standard InChI is InChI=1S/C28H24N4O4/c1-30(19-11-5-4-6-12-19)27(34)20-13-7-8-14-21(20)28(35)36-18-25(33)22(17-29)26-31(2)23-15-9-10-16-24(23)32(26)3/h4-16H,18H2,1-3H3. The van der Waals surface area contributed by atoms with Crippen LogP contribution >= 0.6 is 0 Å². The van der Waals surface area contributed by atoms with Gasteiger partial charge in [-0.3, -0.25) is 9.59 Å². The number of rotatable bonds is 6. The number of nitriles is 1. The summed E-state index contributed by atoms with van der Waals surface area (Å²) in [6.45, 7) is -0.639. The topological polar surface area (TPSA) is 93.9 Å². The van der Waals surface area contributed by atoms with Crippen molar-refractivity contribution in [2.45, 2.75) is 0 Å². The first-order chi connectivity index (χ1) is 17.3. The highest BCUT2D eigenvalue weighted by molar-refractivity contribution is 6.12. The molecule has 0 fully saturated rings. The van der Waals surface area contributed by atoms with Crippen LogP contribution in [0.1, 0.15) is 20.7 Å². The molecule has 0 N–H and O–H groups in total. The Bertz CT molecular complexity index is 1380. The van der Waals surface area contributed by atoms with Crippen LogP contribution in [0.15, 0.2) is 90.3 Å². The van der Waals surface area contributed by atoms with E-state index in [1.54, 1.807) is 55.2 Å². The third-order valence-corrected chi connectivity index (χ3v) is 6.01. The molecule has 4 rings (SSSR count). The number of nitrogens with zero attached hydrogens (tertiary/aromatic N) is 4. The molecular weight excluding hydrogens is 456 g/mol. The predicted octanol–water partition coefficient (Wildman–Crippen LogP) is 4.01. The van der Waals surface area contributed by atoms with Gasteiger partial charge in [-0.25, -0.2) is 4.79 Å². The maximum atomic E-state index is 13.1. The van der Waals surface area contributed by atoms with Crippen molar-refractivity contribution in [3.8, 4) is 6.07 Å². The predicted molar refractivity (Wildman–Crippen MR) is 137 cm³/mol. The van der Waals surface area contributed by atoms with E-state index in [1.807, 2.05) is 48.5 Å².